The zero-order valence-electron chi connectivity index (χ0n) is 16.6. The highest BCUT2D eigenvalue weighted by atomic mass is 32.1. The van der Waals surface area contributed by atoms with Crippen LogP contribution in [0.1, 0.15) is 36.9 Å². The number of primary amides is 1. The minimum Gasteiger partial charge on any atom is -0.476 e. The second-order valence-electron chi connectivity index (χ2n) is 6.60. The van der Waals surface area contributed by atoms with E-state index in [0.29, 0.717) is 27.1 Å². The van der Waals surface area contributed by atoms with Gasteiger partial charge in [0.1, 0.15) is 4.83 Å². The van der Waals surface area contributed by atoms with E-state index in [0.717, 1.165) is 23.5 Å². The lowest BCUT2D eigenvalue weighted by atomic mass is 10.0. The highest BCUT2D eigenvalue weighted by Gasteiger charge is 2.16. The molecule has 0 aliphatic carbocycles. The number of nitrogens with two attached hydrogens (primary N) is 1. The number of carbonyl (C=O) groups excluding carboxylic acids is 1. The average molecular weight is 458 g/mol. The highest BCUT2D eigenvalue weighted by Crippen LogP contribution is 2.19. The van der Waals surface area contributed by atoms with Crippen LogP contribution in [0.3, 0.4) is 0 Å². The Bertz CT molecular complexity index is 1370. The maximum absolute atomic E-state index is 13.3. The molecule has 1 amide bonds. The first-order valence-electron chi connectivity index (χ1n) is 9.06. The number of aromatic carboxylic acids is 1. The summed E-state index contributed by atoms with van der Waals surface area (Å²) >= 11 is 0.908. The molecule has 8 nitrogen and oxygen atoms in total. The molecule has 0 spiro atoms. The number of nitrogens with zero attached hydrogens (tertiary/aromatic N) is 3. The number of halogens is 2. The summed E-state index contributed by atoms with van der Waals surface area (Å²) in [6.07, 6.45) is 4.55. The van der Waals surface area contributed by atoms with Crippen molar-refractivity contribution >= 4 is 28.0 Å². The lowest BCUT2D eigenvalue weighted by Gasteiger charge is -2.04. The molecule has 0 radical (unpaired) electrons. The summed E-state index contributed by atoms with van der Waals surface area (Å²) in [6, 6.07) is 6.71. The summed E-state index contributed by atoms with van der Waals surface area (Å²) < 4.78 is 27.6. The van der Waals surface area contributed by atoms with Gasteiger partial charge in [-0.05, 0) is 36.8 Å². The van der Waals surface area contributed by atoms with Crippen molar-refractivity contribution in [3.63, 3.8) is 0 Å². The molecule has 0 aliphatic heterocycles. The Balaban J connectivity index is 0.000000269. The number of amides is 1. The van der Waals surface area contributed by atoms with Crippen LogP contribution in [-0.2, 0) is 6.42 Å². The van der Waals surface area contributed by atoms with E-state index in [1.807, 2.05) is 0 Å². The minimum atomic E-state index is -1.17. The standard InChI is InChI=1S/C15H10F2N2O3S.C6H6N2O/c1-7-12(20)9(4-8-2-3-10(16)11(17)5-8)6-19-14(7)23-13(18-19)15(21)22;7-6(9)5-2-1-3-8-4-5/h2-3,5-6H,4H2,1H3,(H,21,22);1-4H,(H2,7,9). The normalized spacial score (nSPS) is 10.5. The molecule has 1 aromatic carbocycles. The van der Waals surface area contributed by atoms with Gasteiger partial charge >= 0.3 is 5.97 Å². The van der Waals surface area contributed by atoms with Crippen molar-refractivity contribution in [1.29, 1.82) is 0 Å². The van der Waals surface area contributed by atoms with Crippen LogP contribution in [0.25, 0.3) is 4.83 Å². The predicted molar refractivity (Wildman–Crippen MR) is 113 cm³/mol. The average Bonchev–Trinajstić information content (AvgIpc) is 3.20. The molecule has 0 aliphatic rings. The molecular weight excluding hydrogens is 442 g/mol. The van der Waals surface area contributed by atoms with E-state index in [1.165, 1.54) is 23.0 Å². The molecule has 3 aromatic heterocycles. The number of hydrogen-bond donors (Lipinski definition) is 2. The molecule has 0 saturated heterocycles. The maximum Gasteiger partial charge on any atom is 0.366 e. The monoisotopic (exact) mass is 458 g/mol. The number of aromatic nitrogens is 3. The van der Waals surface area contributed by atoms with Gasteiger partial charge in [-0.3, -0.25) is 14.6 Å². The van der Waals surface area contributed by atoms with Crippen LogP contribution in [-0.4, -0.2) is 31.6 Å². The first-order chi connectivity index (χ1) is 15.2. The number of carboxylic acid groups (broad SMARTS) is 1. The molecule has 11 heteroatoms. The molecule has 32 heavy (non-hydrogen) atoms. The molecule has 0 unspecified atom stereocenters. The molecule has 0 bridgehead atoms. The van der Waals surface area contributed by atoms with Crippen molar-refractivity contribution in [3.05, 3.63) is 98.0 Å². The van der Waals surface area contributed by atoms with Crippen molar-refractivity contribution in [2.75, 3.05) is 0 Å². The molecule has 3 heterocycles. The van der Waals surface area contributed by atoms with Gasteiger partial charge in [-0.25, -0.2) is 18.1 Å². The third-order valence-corrected chi connectivity index (χ3v) is 5.47. The number of hydrogen-bond acceptors (Lipinski definition) is 6. The fraction of sp³-hybridized carbons (Fsp3) is 0.0952. The van der Waals surface area contributed by atoms with E-state index < -0.39 is 23.5 Å². The lowest BCUT2D eigenvalue weighted by molar-refractivity contribution is 0.0695. The van der Waals surface area contributed by atoms with Crippen LogP contribution in [0.5, 0.6) is 0 Å². The van der Waals surface area contributed by atoms with Crippen molar-refractivity contribution in [2.24, 2.45) is 5.73 Å². The molecule has 4 aromatic rings. The lowest BCUT2D eigenvalue weighted by Crippen LogP contribution is -2.15. The fourth-order valence-electron chi connectivity index (χ4n) is 2.77. The second-order valence-corrected chi connectivity index (χ2v) is 7.58. The Morgan fingerprint density at radius 3 is 2.53 bits per heavy atom. The second kappa shape index (κ2) is 9.43. The zero-order valence-corrected chi connectivity index (χ0v) is 17.4. The highest BCUT2D eigenvalue weighted by molar-refractivity contribution is 7.18. The third kappa shape index (κ3) is 5.01. The topological polar surface area (TPSA) is 128 Å². The van der Waals surface area contributed by atoms with Crippen molar-refractivity contribution in [1.82, 2.24) is 14.6 Å². The molecule has 0 atom stereocenters. The summed E-state index contributed by atoms with van der Waals surface area (Å²) in [5.41, 5.74) is 6.25. The van der Waals surface area contributed by atoms with Gasteiger partial charge in [-0.15, -0.1) is 5.10 Å². The van der Waals surface area contributed by atoms with Crippen molar-refractivity contribution in [3.8, 4) is 0 Å². The first kappa shape index (κ1) is 22.7. The van der Waals surface area contributed by atoms with Gasteiger partial charge in [-0.1, -0.05) is 17.4 Å². The molecule has 3 N–H and O–H groups in total. The molecule has 0 saturated carbocycles. The van der Waals surface area contributed by atoms with Gasteiger partial charge < -0.3 is 10.8 Å². The summed E-state index contributed by atoms with van der Waals surface area (Å²) in [5.74, 6) is -3.55. The summed E-state index contributed by atoms with van der Waals surface area (Å²) in [7, 11) is 0. The zero-order chi connectivity index (χ0) is 23.4. The van der Waals surface area contributed by atoms with Gasteiger partial charge in [0, 0.05) is 36.1 Å². The van der Waals surface area contributed by atoms with Gasteiger partial charge in [0.15, 0.2) is 17.1 Å². The SMILES string of the molecule is Cc1c(=O)c(Cc2ccc(F)c(F)c2)cn2nc(C(=O)O)sc12.NC(=O)c1cccnc1. The molecule has 4 rings (SSSR count). The van der Waals surface area contributed by atoms with Gasteiger partial charge in [0.05, 0.1) is 5.56 Å². The van der Waals surface area contributed by atoms with E-state index in [4.69, 9.17) is 10.8 Å². The number of rotatable bonds is 4. The summed E-state index contributed by atoms with van der Waals surface area (Å²) in [5, 5.41) is 12.8. The van der Waals surface area contributed by atoms with Crippen LogP contribution in [0.4, 0.5) is 8.78 Å². The minimum absolute atomic E-state index is 0.0970. The van der Waals surface area contributed by atoms with Crippen LogP contribution in [0.15, 0.2) is 53.7 Å². The van der Waals surface area contributed by atoms with Gasteiger partial charge in [0.25, 0.3) is 0 Å². The van der Waals surface area contributed by atoms with E-state index in [1.54, 1.807) is 25.3 Å². The number of aryl methyl sites for hydroxylation is 1. The van der Waals surface area contributed by atoms with Crippen LogP contribution in [0.2, 0.25) is 0 Å². The summed E-state index contributed by atoms with van der Waals surface area (Å²) in [6.45, 7) is 1.58. The maximum atomic E-state index is 13.3. The quantitative estimate of drug-likeness (QED) is 0.484. The van der Waals surface area contributed by atoms with Crippen LogP contribution in [0, 0.1) is 18.6 Å². The number of fused-ring (bicyclic) bond motifs is 1. The number of pyridine rings is 2. The predicted octanol–water partition coefficient (Wildman–Crippen LogP) is 2.81. The molecule has 164 valence electrons. The van der Waals surface area contributed by atoms with Crippen LogP contribution >= 0.6 is 11.3 Å². The molecular formula is C21H16F2N4O4S. The fourth-order valence-corrected chi connectivity index (χ4v) is 3.60. The van der Waals surface area contributed by atoms with E-state index in [9.17, 15) is 23.2 Å². The Morgan fingerprint density at radius 1 is 1.22 bits per heavy atom. The Morgan fingerprint density at radius 2 is 1.97 bits per heavy atom. The van der Waals surface area contributed by atoms with Gasteiger partial charge in [0.2, 0.25) is 10.9 Å². The van der Waals surface area contributed by atoms with E-state index in [2.05, 4.69) is 10.1 Å². The van der Waals surface area contributed by atoms with Crippen molar-refractivity contribution < 1.29 is 23.5 Å². The number of benzene rings is 1. The number of carbonyl (C=O) groups is 2. The Labute approximate surface area is 183 Å². The first-order valence-corrected chi connectivity index (χ1v) is 9.88. The van der Waals surface area contributed by atoms with Crippen molar-refractivity contribution in [2.45, 2.75) is 13.3 Å². The Hall–Kier alpha value is -3.99. The van der Waals surface area contributed by atoms with E-state index >= 15 is 0 Å². The Kier molecular flexibility index (Phi) is 6.69. The number of carboxylic acids is 1. The molecule has 0 fully saturated rings. The largest absolute Gasteiger partial charge is 0.476 e. The summed E-state index contributed by atoms with van der Waals surface area (Å²) in [4.78, 5) is 37.9. The van der Waals surface area contributed by atoms with E-state index in [-0.39, 0.29) is 16.9 Å². The van der Waals surface area contributed by atoms with Gasteiger partial charge in [-0.2, -0.15) is 0 Å². The smallest absolute Gasteiger partial charge is 0.366 e. The van der Waals surface area contributed by atoms with Crippen LogP contribution < -0.4 is 11.2 Å². The third-order valence-electron chi connectivity index (χ3n) is 4.34.